The molecule has 160 valence electrons. The van der Waals surface area contributed by atoms with E-state index in [1.807, 2.05) is 16.5 Å². The van der Waals surface area contributed by atoms with Gasteiger partial charge in [-0.15, -0.1) is 5.10 Å². The van der Waals surface area contributed by atoms with Crippen LogP contribution in [0.15, 0.2) is 18.2 Å². The second kappa shape index (κ2) is 8.25. The number of hydrogen-bond acceptors (Lipinski definition) is 7. The third kappa shape index (κ3) is 4.05. The van der Waals surface area contributed by atoms with E-state index >= 15 is 0 Å². The fourth-order valence-corrected chi connectivity index (χ4v) is 3.94. The summed E-state index contributed by atoms with van der Waals surface area (Å²) in [5.41, 5.74) is 0.943. The van der Waals surface area contributed by atoms with Gasteiger partial charge in [-0.3, -0.25) is 9.69 Å². The molecule has 1 atom stereocenters. The van der Waals surface area contributed by atoms with E-state index in [2.05, 4.69) is 20.8 Å². The molecule has 3 heterocycles. The minimum Gasteiger partial charge on any atom is -0.442 e. The summed E-state index contributed by atoms with van der Waals surface area (Å²) in [5.74, 6) is 0.194. The summed E-state index contributed by atoms with van der Waals surface area (Å²) >= 11 is 0. The molecule has 11 heteroatoms. The Kier molecular flexibility index (Phi) is 5.51. The second-order valence-electron chi connectivity index (χ2n) is 7.58. The van der Waals surface area contributed by atoms with Gasteiger partial charge in [0, 0.05) is 20.0 Å². The molecular weight excluding hydrogens is 393 g/mol. The molecule has 0 saturated carbocycles. The Bertz CT molecular complexity index is 942. The zero-order valence-electron chi connectivity index (χ0n) is 16.9. The molecule has 0 unspecified atom stereocenters. The number of nitrogens with zero attached hydrogens (tertiary/aromatic N) is 6. The molecule has 2 fully saturated rings. The van der Waals surface area contributed by atoms with Crippen LogP contribution in [0, 0.1) is 12.7 Å². The maximum absolute atomic E-state index is 14.9. The zero-order chi connectivity index (χ0) is 21.3. The number of aromatic nitrogens is 4. The van der Waals surface area contributed by atoms with E-state index in [4.69, 9.17) is 4.74 Å². The highest BCUT2D eigenvalue weighted by Crippen LogP contribution is 2.31. The van der Waals surface area contributed by atoms with Crippen molar-refractivity contribution in [2.24, 2.45) is 0 Å². The number of hydrogen-bond donors (Lipinski definition) is 1. The maximum Gasteiger partial charge on any atom is 0.414 e. The number of nitrogens with one attached hydrogen (secondary N) is 1. The lowest BCUT2D eigenvalue weighted by molar-refractivity contribution is -0.119. The molecular formula is C19H24FN7O3. The summed E-state index contributed by atoms with van der Waals surface area (Å²) in [6.45, 7) is 5.13. The van der Waals surface area contributed by atoms with Gasteiger partial charge in [0.15, 0.2) is 0 Å². The fraction of sp³-hybridized carbons (Fsp3) is 0.526. The third-order valence-electron chi connectivity index (χ3n) is 5.50. The van der Waals surface area contributed by atoms with Gasteiger partial charge in [0.1, 0.15) is 17.7 Å². The van der Waals surface area contributed by atoms with E-state index in [1.165, 1.54) is 17.9 Å². The Morgan fingerprint density at radius 3 is 2.73 bits per heavy atom. The largest absolute Gasteiger partial charge is 0.442 e. The van der Waals surface area contributed by atoms with Crippen molar-refractivity contribution in [3.8, 4) is 0 Å². The first-order valence-corrected chi connectivity index (χ1v) is 9.94. The van der Waals surface area contributed by atoms with E-state index in [-0.39, 0.29) is 30.9 Å². The van der Waals surface area contributed by atoms with Gasteiger partial charge in [-0.05, 0) is 48.4 Å². The number of ether oxygens (including phenoxy) is 1. The highest BCUT2D eigenvalue weighted by atomic mass is 19.1. The Labute approximate surface area is 173 Å². The van der Waals surface area contributed by atoms with Crippen molar-refractivity contribution in [1.82, 2.24) is 25.5 Å². The fourth-order valence-electron chi connectivity index (χ4n) is 3.94. The Balaban J connectivity index is 1.40. The number of anilines is 2. The average Bonchev–Trinajstić information content (AvgIpc) is 3.32. The van der Waals surface area contributed by atoms with Gasteiger partial charge in [-0.25, -0.2) is 13.9 Å². The molecule has 0 aliphatic carbocycles. The Morgan fingerprint density at radius 2 is 2.10 bits per heavy atom. The van der Waals surface area contributed by atoms with Crippen LogP contribution >= 0.6 is 0 Å². The molecule has 10 nitrogen and oxygen atoms in total. The monoisotopic (exact) mass is 417 g/mol. The standard InChI is InChI=1S/C19H24FN7O3/c1-12-22-23-24-27(12)14-5-7-25(8-6-14)18-4-3-15(9-17(18)20)26-11-16(30-19(26)29)10-21-13(2)28/h3-4,9,14,16H,5-8,10-11H2,1-2H3,(H,21,28)/t16-/m0/s1. The van der Waals surface area contributed by atoms with Crippen molar-refractivity contribution in [1.29, 1.82) is 0 Å². The van der Waals surface area contributed by atoms with Crippen LogP contribution in [0.3, 0.4) is 0 Å². The van der Waals surface area contributed by atoms with E-state index in [9.17, 15) is 14.0 Å². The first kappa shape index (κ1) is 20.0. The lowest BCUT2D eigenvalue weighted by Crippen LogP contribution is -2.36. The minimum absolute atomic E-state index is 0.195. The number of cyclic esters (lactones) is 1. The normalized spacial score (nSPS) is 19.8. The topological polar surface area (TPSA) is 105 Å². The number of rotatable bonds is 5. The zero-order valence-corrected chi connectivity index (χ0v) is 16.9. The number of carbonyl (C=O) groups is 2. The lowest BCUT2D eigenvalue weighted by Gasteiger charge is -2.34. The molecule has 4 rings (SSSR count). The van der Waals surface area contributed by atoms with E-state index in [0.29, 0.717) is 24.5 Å². The van der Waals surface area contributed by atoms with Gasteiger partial charge in [0.05, 0.1) is 30.5 Å². The van der Waals surface area contributed by atoms with Crippen molar-refractivity contribution < 1.29 is 18.7 Å². The second-order valence-corrected chi connectivity index (χ2v) is 7.58. The predicted molar refractivity (Wildman–Crippen MR) is 106 cm³/mol. The number of benzene rings is 1. The first-order valence-electron chi connectivity index (χ1n) is 9.94. The van der Waals surface area contributed by atoms with Crippen molar-refractivity contribution in [3.05, 3.63) is 29.8 Å². The number of halogens is 1. The van der Waals surface area contributed by atoms with Gasteiger partial charge >= 0.3 is 6.09 Å². The van der Waals surface area contributed by atoms with Crippen LogP contribution in [0.1, 0.15) is 31.6 Å². The molecule has 0 bridgehead atoms. The van der Waals surface area contributed by atoms with Crippen LogP contribution in [-0.4, -0.2) is 64.5 Å². The van der Waals surface area contributed by atoms with Gasteiger partial charge in [-0.2, -0.15) is 0 Å². The SMILES string of the molecule is CC(=O)NC[C@H]1CN(c2ccc(N3CCC(n4nnnc4C)CC3)c(F)c2)C(=O)O1. The number of piperidine rings is 1. The molecule has 2 saturated heterocycles. The summed E-state index contributed by atoms with van der Waals surface area (Å²) in [6.07, 6.45) is 0.625. The van der Waals surface area contributed by atoms with Crippen LogP contribution in [-0.2, 0) is 9.53 Å². The summed E-state index contributed by atoms with van der Waals surface area (Å²) in [6, 6.07) is 4.98. The summed E-state index contributed by atoms with van der Waals surface area (Å²) in [7, 11) is 0. The number of amides is 2. The van der Waals surface area contributed by atoms with Crippen LogP contribution in [0.4, 0.5) is 20.6 Å². The molecule has 30 heavy (non-hydrogen) atoms. The molecule has 2 aliphatic heterocycles. The summed E-state index contributed by atoms with van der Waals surface area (Å²) < 4.78 is 22.0. The number of carbonyl (C=O) groups excluding carboxylic acids is 2. The van der Waals surface area contributed by atoms with Gasteiger partial charge in [-0.1, -0.05) is 0 Å². The van der Waals surface area contributed by atoms with Gasteiger partial charge in [0.2, 0.25) is 5.91 Å². The highest BCUT2D eigenvalue weighted by molar-refractivity contribution is 5.90. The maximum atomic E-state index is 14.9. The van der Waals surface area contributed by atoms with Crippen LogP contribution in [0.25, 0.3) is 0 Å². The van der Waals surface area contributed by atoms with E-state index in [1.54, 1.807) is 12.1 Å². The average molecular weight is 417 g/mol. The van der Waals surface area contributed by atoms with E-state index in [0.717, 1.165) is 18.7 Å². The third-order valence-corrected chi connectivity index (χ3v) is 5.50. The van der Waals surface area contributed by atoms with Gasteiger partial charge in [0.25, 0.3) is 0 Å². The first-order chi connectivity index (χ1) is 14.4. The van der Waals surface area contributed by atoms with E-state index < -0.39 is 12.2 Å². The highest BCUT2D eigenvalue weighted by Gasteiger charge is 2.33. The van der Waals surface area contributed by atoms with Crippen molar-refractivity contribution >= 4 is 23.4 Å². The van der Waals surface area contributed by atoms with Crippen molar-refractivity contribution in [2.45, 2.75) is 38.8 Å². The number of aryl methyl sites for hydroxylation is 1. The molecule has 2 aliphatic rings. The molecule has 1 aromatic heterocycles. The number of tetrazole rings is 1. The summed E-state index contributed by atoms with van der Waals surface area (Å²) in [5, 5.41) is 14.3. The van der Waals surface area contributed by atoms with Crippen molar-refractivity contribution in [3.63, 3.8) is 0 Å². The molecule has 2 aromatic rings. The Morgan fingerprint density at radius 1 is 1.33 bits per heavy atom. The van der Waals surface area contributed by atoms with Crippen molar-refractivity contribution in [2.75, 3.05) is 36.0 Å². The predicted octanol–water partition coefficient (Wildman–Crippen LogP) is 1.42. The lowest BCUT2D eigenvalue weighted by atomic mass is 10.0. The molecule has 0 radical (unpaired) electrons. The van der Waals surface area contributed by atoms with Crippen LogP contribution in [0.5, 0.6) is 0 Å². The van der Waals surface area contributed by atoms with Crippen LogP contribution in [0.2, 0.25) is 0 Å². The Hall–Kier alpha value is -3.24. The molecule has 1 aromatic carbocycles. The van der Waals surface area contributed by atoms with Crippen LogP contribution < -0.4 is 15.1 Å². The van der Waals surface area contributed by atoms with Gasteiger partial charge < -0.3 is 15.0 Å². The molecule has 1 N–H and O–H groups in total. The quantitative estimate of drug-likeness (QED) is 0.784. The molecule has 0 spiro atoms. The smallest absolute Gasteiger partial charge is 0.414 e. The summed E-state index contributed by atoms with van der Waals surface area (Å²) in [4.78, 5) is 26.6. The molecule has 2 amide bonds. The minimum atomic E-state index is -0.546.